The Balaban J connectivity index is 2.01. The van der Waals surface area contributed by atoms with Crippen LogP contribution in [0.5, 0.6) is 5.75 Å². The van der Waals surface area contributed by atoms with Gasteiger partial charge in [0, 0.05) is 28.9 Å². The van der Waals surface area contributed by atoms with Gasteiger partial charge in [0.2, 0.25) is 0 Å². The monoisotopic (exact) mass is 402 g/mol. The van der Waals surface area contributed by atoms with Crippen molar-refractivity contribution in [1.82, 2.24) is 9.97 Å². The van der Waals surface area contributed by atoms with E-state index >= 15 is 0 Å². The largest absolute Gasteiger partial charge is 0.493 e. The van der Waals surface area contributed by atoms with Crippen molar-refractivity contribution in [3.63, 3.8) is 0 Å². The van der Waals surface area contributed by atoms with E-state index in [1.807, 2.05) is 27.0 Å². The second-order valence-electron chi connectivity index (χ2n) is 6.33. The Labute approximate surface area is 170 Å². The fourth-order valence-electron chi connectivity index (χ4n) is 2.83. The molecule has 0 spiro atoms. The van der Waals surface area contributed by atoms with Gasteiger partial charge >= 0.3 is 5.97 Å². The molecule has 7 heteroatoms. The number of thioether (sulfide) groups is 1. The molecule has 2 rings (SSSR count). The number of hydrogen-bond donors (Lipinski definition) is 0. The van der Waals surface area contributed by atoms with Crippen molar-refractivity contribution < 1.29 is 19.1 Å². The summed E-state index contributed by atoms with van der Waals surface area (Å²) < 4.78 is 11.0. The molecule has 1 aromatic carbocycles. The molecule has 2 aromatic rings. The number of Topliss-reactive ketones (excluding diaryl/α,β-unsaturated/α-hetero) is 1. The summed E-state index contributed by atoms with van der Waals surface area (Å²) >= 11 is 1.49. The molecule has 0 aliphatic heterocycles. The zero-order valence-electron chi connectivity index (χ0n) is 17.0. The molecule has 1 heterocycles. The van der Waals surface area contributed by atoms with Crippen molar-refractivity contribution in [2.24, 2.45) is 0 Å². The van der Waals surface area contributed by atoms with Gasteiger partial charge in [0.25, 0.3) is 0 Å². The number of carbonyl (C=O) groups is 2. The molecule has 0 N–H and O–H groups in total. The average Bonchev–Trinajstić information content (AvgIpc) is 2.66. The first-order chi connectivity index (χ1) is 13.3. The Morgan fingerprint density at radius 2 is 1.82 bits per heavy atom. The molecule has 150 valence electrons. The first kappa shape index (κ1) is 21.9. The van der Waals surface area contributed by atoms with Crippen molar-refractivity contribution in [1.29, 1.82) is 0 Å². The highest BCUT2D eigenvalue weighted by Crippen LogP contribution is 2.22. The van der Waals surface area contributed by atoms with E-state index in [-0.39, 0.29) is 24.8 Å². The first-order valence-corrected chi connectivity index (χ1v) is 10.4. The van der Waals surface area contributed by atoms with Crippen LogP contribution in [0.2, 0.25) is 0 Å². The third kappa shape index (κ3) is 5.79. The number of rotatable bonds is 9. The van der Waals surface area contributed by atoms with E-state index in [1.54, 1.807) is 18.2 Å². The molecule has 0 bridgehead atoms. The minimum atomic E-state index is -0.316. The third-order valence-corrected chi connectivity index (χ3v) is 4.87. The Kier molecular flexibility index (Phi) is 7.99. The topological polar surface area (TPSA) is 78.4 Å². The van der Waals surface area contributed by atoms with Crippen LogP contribution in [0.3, 0.4) is 0 Å². The second-order valence-corrected chi connectivity index (χ2v) is 7.11. The lowest BCUT2D eigenvalue weighted by molar-refractivity contribution is -0.144. The minimum Gasteiger partial charge on any atom is -0.493 e. The van der Waals surface area contributed by atoms with Crippen molar-refractivity contribution in [3.8, 4) is 5.75 Å². The van der Waals surface area contributed by atoms with Gasteiger partial charge in [-0.15, -0.1) is 0 Å². The molecule has 0 aliphatic rings. The van der Waals surface area contributed by atoms with Crippen LogP contribution < -0.4 is 4.74 Å². The van der Waals surface area contributed by atoms with E-state index in [0.717, 1.165) is 22.1 Å². The second kappa shape index (κ2) is 10.2. The van der Waals surface area contributed by atoms with Gasteiger partial charge in [0.15, 0.2) is 10.9 Å². The lowest BCUT2D eigenvalue weighted by Gasteiger charge is -2.13. The molecular weight excluding hydrogens is 376 g/mol. The van der Waals surface area contributed by atoms with Gasteiger partial charge in [-0.2, -0.15) is 0 Å². The van der Waals surface area contributed by atoms with Gasteiger partial charge in [-0.25, -0.2) is 9.97 Å². The summed E-state index contributed by atoms with van der Waals surface area (Å²) in [4.78, 5) is 32.7. The van der Waals surface area contributed by atoms with Gasteiger partial charge < -0.3 is 9.47 Å². The molecule has 0 saturated carbocycles. The van der Waals surface area contributed by atoms with Crippen LogP contribution in [0.4, 0.5) is 0 Å². The van der Waals surface area contributed by atoms with Gasteiger partial charge in [0.1, 0.15) is 12.4 Å². The fraction of sp³-hybridized carbons (Fsp3) is 0.429. The molecule has 6 nitrogen and oxygen atoms in total. The predicted molar refractivity (Wildman–Crippen MR) is 109 cm³/mol. The lowest BCUT2D eigenvalue weighted by Crippen LogP contribution is -2.10. The summed E-state index contributed by atoms with van der Waals surface area (Å²) in [6.45, 7) is 7.79. The number of ketones is 1. The Hall–Kier alpha value is -2.41. The summed E-state index contributed by atoms with van der Waals surface area (Å²) in [5, 5.41) is 0.732. The fourth-order valence-corrected chi connectivity index (χ4v) is 3.28. The number of aryl methyl sites for hydroxylation is 2. The van der Waals surface area contributed by atoms with Crippen LogP contribution in [-0.2, 0) is 22.6 Å². The van der Waals surface area contributed by atoms with E-state index < -0.39 is 0 Å². The maximum atomic E-state index is 12.2. The standard InChI is InChI=1S/C21H26N2O4S/c1-6-26-19-9-7-16(15(4)24)11-17(19)12-27-20(25)10-8-18-13(2)22-21(28-5)23-14(18)3/h7,9,11H,6,8,10,12H2,1-5H3. The Morgan fingerprint density at radius 1 is 1.14 bits per heavy atom. The first-order valence-electron chi connectivity index (χ1n) is 9.16. The third-order valence-electron chi connectivity index (χ3n) is 4.32. The molecule has 28 heavy (non-hydrogen) atoms. The summed E-state index contributed by atoms with van der Waals surface area (Å²) in [7, 11) is 0. The molecule has 0 aliphatic carbocycles. The summed E-state index contributed by atoms with van der Waals surface area (Å²) in [6.07, 6.45) is 2.69. The molecule has 0 saturated heterocycles. The van der Waals surface area contributed by atoms with Gasteiger partial charge in [-0.3, -0.25) is 9.59 Å². The maximum absolute atomic E-state index is 12.2. The molecule has 0 atom stereocenters. The van der Waals surface area contributed by atoms with E-state index in [4.69, 9.17) is 9.47 Å². The van der Waals surface area contributed by atoms with Crippen LogP contribution in [0, 0.1) is 13.8 Å². The Morgan fingerprint density at radius 3 is 2.39 bits per heavy atom. The summed E-state index contributed by atoms with van der Waals surface area (Å²) in [5.74, 6) is 0.256. The molecule has 1 aromatic heterocycles. The minimum absolute atomic E-state index is 0.0461. The number of carbonyl (C=O) groups excluding carboxylic acids is 2. The van der Waals surface area contributed by atoms with E-state index in [0.29, 0.717) is 29.9 Å². The van der Waals surface area contributed by atoms with Crippen molar-refractivity contribution in [2.75, 3.05) is 12.9 Å². The Bertz CT molecular complexity index is 844. The lowest BCUT2D eigenvalue weighted by atomic mass is 10.1. The number of esters is 1. The molecule has 0 amide bonds. The highest BCUT2D eigenvalue weighted by Gasteiger charge is 2.13. The van der Waals surface area contributed by atoms with Crippen LogP contribution >= 0.6 is 11.8 Å². The highest BCUT2D eigenvalue weighted by atomic mass is 32.2. The number of ether oxygens (including phenoxy) is 2. The normalized spacial score (nSPS) is 10.6. The summed E-state index contributed by atoms with van der Waals surface area (Å²) in [6, 6.07) is 5.16. The van der Waals surface area contributed by atoms with E-state index in [2.05, 4.69) is 9.97 Å². The van der Waals surface area contributed by atoms with Crippen LogP contribution in [0.15, 0.2) is 23.4 Å². The van der Waals surface area contributed by atoms with Gasteiger partial charge in [0.05, 0.1) is 6.61 Å². The van der Waals surface area contributed by atoms with Crippen LogP contribution in [-0.4, -0.2) is 34.6 Å². The van der Waals surface area contributed by atoms with Crippen molar-refractivity contribution >= 4 is 23.5 Å². The van der Waals surface area contributed by atoms with Gasteiger partial charge in [-0.05, 0) is 64.1 Å². The predicted octanol–water partition coefficient (Wildman–Crippen LogP) is 4.09. The number of nitrogens with zero attached hydrogens (tertiary/aromatic N) is 2. The van der Waals surface area contributed by atoms with Crippen LogP contribution in [0.25, 0.3) is 0 Å². The molecular formula is C21H26N2O4S. The van der Waals surface area contributed by atoms with E-state index in [9.17, 15) is 9.59 Å². The molecule has 0 unspecified atom stereocenters. The number of benzene rings is 1. The SMILES string of the molecule is CCOc1ccc(C(C)=O)cc1COC(=O)CCc1c(C)nc(SC)nc1C. The van der Waals surface area contributed by atoms with E-state index in [1.165, 1.54) is 18.7 Å². The molecule has 0 radical (unpaired) electrons. The van der Waals surface area contributed by atoms with Crippen molar-refractivity contribution in [3.05, 3.63) is 46.3 Å². The zero-order chi connectivity index (χ0) is 20.7. The number of hydrogen-bond acceptors (Lipinski definition) is 7. The summed E-state index contributed by atoms with van der Waals surface area (Å²) in [5.41, 5.74) is 3.99. The highest BCUT2D eigenvalue weighted by molar-refractivity contribution is 7.98. The van der Waals surface area contributed by atoms with Crippen molar-refractivity contribution in [2.45, 2.75) is 52.3 Å². The maximum Gasteiger partial charge on any atom is 0.306 e. The smallest absolute Gasteiger partial charge is 0.306 e. The van der Waals surface area contributed by atoms with Crippen LogP contribution in [0.1, 0.15) is 53.1 Å². The van der Waals surface area contributed by atoms with Gasteiger partial charge in [-0.1, -0.05) is 11.8 Å². The quantitative estimate of drug-likeness (QED) is 0.270. The number of aromatic nitrogens is 2. The zero-order valence-corrected chi connectivity index (χ0v) is 17.8. The average molecular weight is 403 g/mol. The molecule has 0 fully saturated rings.